The van der Waals surface area contributed by atoms with E-state index in [2.05, 4.69) is 5.32 Å². The highest BCUT2D eigenvalue weighted by molar-refractivity contribution is 6.08. The van der Waals surface area contributed by atoms with E-state index < -0.39 is 5.92 Å². The van der Waals surface area contributed by atoms with Gasteiger partial charge in [-0.1, -0.05) is 0 Å². The molecule has 1 fully saturated rings. The second-order valence-corrected chi connectivity index (χ2v) is 4.73. The van der Waals surface area contributed by atoms with Gasteiger partial charge >= 0.3 is 0 Å². The predicted octanol–water partition coefficient (Wildman–Crippen LogP) is 0.427. The van der Waals surface area contributed by atoms with Gasteiger partial charge in [-0.15, -0.1) is 0 Å². The molecule has 0 atom stereocenters. The maximum atomic E-state index is 11.4. The summed E-state index contributed by atoms with van der Waals surface area (Å²) in [4.78, 5) is 22.8. The minimum absolute atomic E-state index is 0.0143. The number of rotatable bonds is 6. The SMILES string of the molecule is O=C1CCC(=O)C1CCNCCn1c(O)ccc1O. The zero-order valence-electron chi connectivity index (χ0n) is 10.6. The minimum Gasteiger partial charge on any atom is -0.494 e. The molecule has 1 aliphatic carbocycles. The summed E-state index contributed by atoms with van der Waals surface area (Å²) in [5, 5.41) is 21.9. The number of hydrogen-bond acceptors (Lipinski definition) is 5. The highest BCUT2D eigenvalue weighted by Gasteiger charge is 2.31. The highest BCUT2D eigenvalue weighted by atomic mass is 16.3. The second-order valence-electron chi connectivity index (χ2n) is 4.73. The highest BCUT2D eigenvalue weighted by Crippen LogP contribution is 2.21. The van der Waals surface area contributed by atoms with Crippen molar-refractivity contribution in [1.29, 1.82) is 0 Å². The number of aromatic hydroxyl groups is 2. The van der Waals surface area contributed by atoms with E-state index in [-0.39, 0.29) is 23.3 Å². The lowest BCUT2D eigenvalue weighted by Gasteiger charge is -2.10. The summed E-state index contributed by atoms with van der Waals surface area (Å²) in [7, 11) is 0. The van der Waals surface area contributed by atoms with Gasteiger partial charge in [-0.25, -0.2) is 0 Å². The summed E-state index contributed by atoms with van der Waals surface area (Å²) in [5.41, 5.74) is 0. The normalized spacial score (nSPS) is 16.4. The van der Waals surface area contributed by atoms with Crippen molar-refractivity contribution < 1.29 is 19.8 Å². The lowest BCUT2D eigenvalue weighted by molar-refractivity contribution is -0.127. The molecule has 1 aliphatic rings. The zero-order valence-corrected chi connectivity index (χ0v) is 10.6. The van der Waals surface area contributed by atoms with Gasteiger partial charge in [0.1, 0.15) is 11.6 Å². The summed E-state index contributed by atoms with van der Waals surface area (Å²) in [6, 6.07) is 2.84. The van der Waals surface area contributed by atoms with Crippen LogP contribution in [0.1, 0.15) is 19.3 Å². The number of nitrogens with zero attached hydrogens (tertiary/aromatic N) is 1. The fourth-order valence-corrected chi connectivity index (χ4v) is 2.33. The van der Waals surface area contributed by atoms with Crippen molar-refractivity contribution in [2.45, 2.75) is 25.8 Å². The van der Waals surface area contributed by atoms with Crippen LogP contribution in [0.15, 0.2) is 12.1 Å². The monoisotopic (exact) mass is 266 g/mol. The molecule has 0 bridgehead atoms. The fourth-order valence-electron chi connectivity index (χ4n) is 2.33. The van der Waals surface area contributed by atoms with Crippen molar-refractivity contribution in [2.24, 2.45) is 5.92 Å². The number of ketones is 2. The molecular formula is C13H18N2O4. The van der Waals surface area contributed by atoms with E-state index in [1.807, 2.05) is 0 Å². The van der Waals surface area contributed by atoms with Gasteiger partial charge in [-0.3, -0.25) is 14.2 Å². The van der Waals surface area contributed by atoms with Crippen LogP contribution < -0.4 is 5.32 Å². The Morgan fingerprint density at radius 1 is 1.11 bits per heavy atom. The Hall–Kier alpha value is -1.82. The van der Waals surface area contributed by atoms with Gasteiger partial charge < -0.3 is 15.5 Å². The molecule has 0 saturated heterocycles. The van der Waals surface area contributed by atoms with E-state index in [9.17, 15) is 19.8 Å². The third-order valence-corrected chi connectivity index (χ3v) is 3.45. The summed E-state index contributed by atoms with van der Waals surface area (Å²) < 4.78 is 1.37. The van der Waals surface area contributed by atoms with Crippen LogP contribution >= 0.6 is 0 Å². The average molecular weight is 266 g/mol. The van der Waals surface area contributed by atoms with Crippen molar-refractivity contribution in [3.63, 3.8) is 0 Å². The molecule has 6 nitrogen and oxygen atoms in total. The van der Waals surface area contributed by atoms with Crippen LogP contribution in [-0.2, 0) is 16.1 Å². The average Bonchev–Trinajstić information content (AvgIpc) is 2.86. The van der Waals surface area contributed by atoms with Gasteiger partial charge in [0.25, 0.3) is 0 Å². The first-order chi connectivity index (χ1) is 9.09. The molecular weight excluding hydrogens is 248 g/mol. The number of carbonyl (C=O) groups is 2. The summed E-state index contributed by atoms with van der Waals surface area (Å²) in [6.07, 6.45) is 1.30. The van der Waals surface area contributed by atoms with Crippen molar-refractivity contribution in [1.82, 2.24) is 9.88 Å². The van der Waals surface area contributed by atoms with Gasteiger partial charge in [-0.05, 0) is 13.0 Å². The van der Waals surface area contributed by atoms with E-state index in [0.29, 0.717) is 38.9 Å². The lowest BCUT2D eigenvalue weighted by atomic mass is 10.0. The molecule has 0 spiro atoms. The minimum atomic E-state index is -0.430. The Morgan fingerprint density at radius 3 is 2.26 bits per heavy atom. The summed E-state index contributed by atoms with van der Waals surface area (Å²) >= 11 is 0. The molecule has 1 saturated carbocycles. The molecule has 0 aromatic carbocycles. The second kappa shape index (κ2) is 5.88. The molecule has 0 amide bonds. The smallest absolute Gasteiger partial charge is 0.193 e. The third-order valence-electron chi connectivity index (χ3n) is 3.45. The molecule has 1 heterocycles. The van der Waals surface area contributed by atoms with E-state index in [1.54, 1.807) is 0 Å². The van der Waals surface area contributed by atoms with E-state index in [4.69, 9.17) is 0 Å². The Balaban J connectivity index is 1.68. The Morgan fingerprint density at radius 2 is 1.68 bits per heavy atom. The van der Waals surface area contributed by atoms with Crippen LogP contribution in [0.25, 0.3) is 0 Å². The first-order valence-electron chi connectivity index (χ1n) is 6.43. The number of Topliss-reactive ketones (excluding diaryl/α,β-unsaturated/α-hetero) is 2. The van der Waals surface area contributed by atoms with Crippen LogP contribution in [0, 0.1) is 5.92 Å². The first-order valence-corrected chi connectivity index (χ1v) is 6.43. The Labute approximate surface area is 111 Å². The van der Waals surface area contributed by atoms with Crippen LogP contribution in [0.4, 0.5) is 0 Å². The molecule has 3 N–H and O–H groups in total. The van der Waals surface area contributed by atoms with Crippen molar-refractivity contribution in [2.75, 3.05) is 13.1 Å². The molecule has 6 heteroatoms. The number of carbonyl (C=O) groups excluding carboxylic acids is 2. The van der Waals surface area contributed by atoms with E-state index in [0.717, 1.165) is 0 Å². The maximum absolute atomic E-state index is 11.4. The van der Waals surface area contributed by atoms with Crippen LogP contribution in [-0.4, -0.2) is 39.4 Å². The molecule has 0 radical (unpaired) electrons. The van der Waals surface area contributed by atoms with Crippen LogP contribution in [0.5, 0.6) is 11.8 Å². The molecule has 0 aliphatic heterocycles. The van der Waals surface area contributed by atoms with Gasteiger partial charge in [0.05, 0.1) is 5.92 Å². The van der Waals surface area contributed by atoms with Gasteiger partial charge in [0.2, 0.25) is 0 Å². The van der Waals surface area contributed by atoms with Gasteiger partial charge in [-0.2, -0.15) is 0 Å². The van der Waals surface area contributed by atoms with Crippen molar-refractivity contribution in [3.8, 4) is 11.8 Å². The Bertz CT molecular complexity index is 445. The Kier molecular flexibility index (Phi) is 4.21. The number of nitrogens with one attached hydrogen (secondary N) is 1. The standard InChI is InChI=1S/C13H18N2O4/c16-10-1-2-11(17)9(10)5-6-14-7-8-15-12(18)3-4-13(15)19/h3-4,9,14,18-19H,1-2,5-8H2. The zero-order chi connectivity index (χ0) is 13.8. The summed E-state index contributed by atoms with van der Waals surface area (Å²) in [6.45, 7) is 1.55. The molecule has 104 valence electrons. The molecule has 19 heavy (non-hydrogen) atoms. The van der Waals surface area contributed by atoms with Gasteiger partial charge in [0.15, 0.2) is 11.8 Å². The maximum Gasteiger partial charge on any atom is 0.193 e. The quantitative estimate of drug-likeness (QED) is 0.513. The van der Waals surface area contributed by atoms with Crippen LogP contribution in [0.2, 0.25) is 0 Å². The molecule has 1 aromatic heterocycles. The largest absolute Gasteiger partial charge is 0.494 e. The first kappa shape index (κ1) is 13.6. The van der Waals surface area contributed by atoms with Gasteiger partial charge in [0, 0.05) is 38.1 Å². The summed E-state index contributed by atoms with van der Waals surface area (Å²) in [5.74, 6) is -0.304. The van der Waals surface area contributed by atoms with Crippen LogP contribution in [0.3, 0.4) is 0 Å². The lowest BCUT2D eigenvalue weighted by Crippen LogP contribution is -2.25. The molecule has 0 unspecified atom stereocenters. The van der Waals surface area contributed by atoms with E-state index in [1.165, 1.54) is 16.7 Å². The topological polar surface area (TPSA) is 91.6 Å². The molecule has 2 rings (SSSR count). The van der Waals surface area contributed by atoms with E-state index >= 15 is 0 Å². The predicted molar refractivity (Wildman–Crippen MR) is 68.0 cm³/mol. The van der Waals surface area contributed by atoms with Crippen molar-refractivity contribution >= 4 is 11.6 Å². The fraction of sp³-hybridized carbons (Fsp3) is 0.538. The third kappa shape index (κ3) is 3.14. The van der Waals surface area contributed by atoms with Crippen molar-refractivity contribution in [3.05, 3.63) is 12.1 Å². The molecule has 1 aromatic rings. The number of aromatic nitrogens is 1. The number of hydrogen-bond donors (Lipinski definition) is 3.